The summed E-state index contributed by atoms with van der Waals surface area (Å²) in [5, 5.41) is 2.72. The summed E-state index contributed by atoms with van der Waals surface area (Å²) in [5.74, 6) is 0.0133. The van der Waals surface area contributed by atoms with Crippen molar-refractivity contribution in [1.82, 2.24) is 5.32 Å². The molecule has 4 heteroatoms. The van der Waals surface area contributed by atoms with E-state index in [4.69, 9.17) is 4.74 Å². The average molecular weight is 385 g/mol. The lowest BCUT2D eigenvalue weighted by Crippen LogP contribution is -2.24. The van der Waals surface area contributed by atoms with Gasteiger partial charge in [-0.3, -0.25) is 4.79 Å². The molecule has 0 saturated carbocycles. The fourth-order valence-corrected chi connectivity index (χ4v) is 2.75. The Balaban J connectivity index is 1.39. The van der Waals surface area contributed by atoms with E-state index in [0.29, 0.717) is 24.1 Å². The second-order valence-electron chi connectivity index (χ2n) is 6.50. The highest BCUT2D eigenvalue weighted by Gasteiger charge is 2.07. The van der Waals surface area contributed by atoms with Crippen LogP contribution in [0.4, 0.5) is 4.79 Å². The molecule has 29 heavy (non-hydrogen) atoms. The minimum atomic E-state index is -0.425. The Morgan fingerprint density at radius 2 is 1.41 bits per heavy atom. The third kappa shape index (κ3) is 6.47. The van der Waals surface area contributed by atoms with Crippen LogP contribution in [0.1, 0.15) is 33.5 Å². The second kappa shape index (κ2) is 10.6. The number of amides is 1. The highest BCUT2D eigenvalue weighted by molar-refractivity contribution is 6.09. The smallest absolute Gasteiger partial charge is 0.407 e. The van der Waals surface area contributed by atoms with Crippen LogP contribution in [0.25, 0.3) is 6.08 Å². The number of carbonyl (C=O) groups excluding carboxylic acids is 2. The van der Waals surface area contributed by atoms with Gasteiger partial charge in [0, 0.05) is 17.7 Å². The standard InChI is InChI=1S/C25H23NO3/c27-24(22-12-5-2-6-13-22)23-16-14-20(15-17-23)9-7-8-18-26-25(28)29-19-21-10-3-1-4-11-21/h1-7,9-17H,8,18-19H2,(H,26,28). The summed E-state index contributed by atoms with van der Waals surface area (Å²) in [4.78, 5) is 24.1. The molecule has 0 bridgehead atoms. The minimum Gasteiger partial charge on any atom is -0.445 e. The molecule has 0 heterocycles. The maximum atomic E-state index is 12.4. The molecule has 0 aromatic heterocycles. The maximum Gasteiger partial charge on any atom is 0.407 e. The molecule has 0 saturated heterocycles. The molecule has 4 nitrogen and oxygen atoms in total. The molecule has 0 aliphatic heterocycles. The van der Waals surface area contributed by atoms with Gasteiger partial charge in [-0.15, -0.1) is 0 Å². The quantitative estimate of drug-likeness (QED) is 0.426. The summed E-state index contributed by atoms with van der Waals surface area (Å²) in [6.45, 7) is 0.755. The molecule has 0 fully saturated rings. The molecule has 3 aromatic rings. The predicted molar refractivity (Wildman–Crippen MR) is 115 cm³/mol. The third-order valence-corrected chi connectivity index (χ3v) is 4.31. The zero-order valence-electron chi connectivity index (χ0n) is 16.1. The molecule has 0 unspecified atom stereocenters. The van der Waals surface area contributed by atoms with Crippen molar-refractivity contribution in [2.45, 2.75) is 13.0 Å². The van der Waals surface area contributed by atoms with Gasteiger partial charge in [-0.25, -0.2) is 4.79 Å². The summed E-state index contributed by atoms with van der Waals surface area (Å²) < 4.78 is 5.16. The fourth-order valence-electron chi connectivity index (χ4n) is 2.75. The van der Waals surface area contributed by atoms with Crippen molar-refractivity contribution in [3.8, 4) is 0 Å². The molecule has 0 radical (unpaired) electrons. The molecule has 0 spiro atoms. The van der Waals surface area contributed by atoms with E-state index in [-0.39, 0.29) is 12.4 Å². The van der Waals surface area contributed by atoms with Gasteiger partial charge >= 0.3 is 6.09 Å². The van der Waals surface area contributed by atoms with E-state index in [1.165, 1.54) is 0 Å². The van der Waals surface area contributed by atoms with Crippen LogP contribution >= 0.6 is 0 Å². The summed E-state index contributed by atoms with van der Waals surface area (Å²) in [5.41, 5.74) is 3.30. The van der Waals surface area contributed by atoms with Crippen molar-refractivity contribution >= 4 is 18.0 Å². The first kappa shape index (κ1) is 20.1. The number of alkyl carbamates (subject to hydrolysis) is 1. The van der Waals surface area contributed by atoms with Crippen LogP contribution in [0.15, 0.2) is 91.0 Å². The lowest BCUT2D eigenvalue weighted by Gasteiger charge is -2.06. The molecule has 3 rings (SSSR count). The summed E-state index contributed by atoms with van der Waals surface area (Å²) >= 11 is 0. The summed E-state index contributed by atoms with van der Waals surface area (Å²) in [6, 6.07) is 26.3. The monoisotopic (exact) mass is 385 g/mol. The molecule has 0 aliphatic carbocycles. The lowest BCUT2D eigenvalue weighted by molar-refractivity contribution is 0.103. The van der Waals surface area contributed by atoms with Gasteiger partial charge in [0.15, 0.2) is 5.78 Å². The Morgan fingerprint density at radius 3 is 2.10 bits per heavy atom. The van der Waals surface area contributed by atoms with Gasteiger partial charge in [0.1, 0.15) is 6.61 Å². The minimum absolute atomic E-state index is 0.0133. The van der Waals surface area contributed by atoms with Crippen molar-refractivity contribution in [1.29, 1.82) is 0 Å². The Kier molecular flexibility index (Phi) is 7.35. The number of nitrogens with one attached hydrogen (secondary N) is 1. The van der Waals surface area contributed by atoms with Crippen molar-refractivity contribution in [2.24, 2.45) is 0 Å². The molecular weight excluding hydrogens is 362 g/mol. The first-order valence-electron chi connectivity index (χ1n) is 9.53. The van der Waals surface area contributed by atoms with Crippen LogP contribution in [0.2, 0.25) is 0 Å². The Morgan fingerprint density at radius 1 is 0.793 bits per heavy atom. The van der Waals surface area contributed by atoms with E-state index in [1.54, 1.807) is 0 Å². The van der Waals surface area contributed by atoms with E-state index in [1.807, 2.05) is 97.1 Å². The van der Waals surface area contributed by atoms with Crippen LogP contribution in [0, 0.1) is 0 Å². The van der Waals surface area contributed by atoms with Gasteiger partial charge in [0.05, 0.1) is 0 Å². The predicted octanol–water partition coefficient (Wildman–Crippen LogP) is 5.25. The van der Waals surface area contributed by atoms with Crippen LogP contribution in [-0.2, 0) is 11.3 Å². The molecular formula is C25H23NO3. The lowest BCUT2D eigenvalue weighted by atomic mass is 10.0. The SMILES string of the molecule is O=C(NCCC=Cc1ccc(C(=O)c2ccccc2)cc1)OCc1ccccc1. The van der Waals surface area contributed by atoms with Gasteiger partial charge in [-0.05, 0) is 17.5 Å². The number of ether oxygens (including phenoxy) is 1. The van der Waals surface area contributed by atoms with E-state index in [0.717, 1.165) is 11.1 Å². The third-order valence-electron chi connectivity index (χ3n) is 4.31. The van der Waals surface area contributed by atoms with Crippen LogP contribution < -0.4 is 5.32 Å². The number of ketones is 1. The number of benzene rings is 3. The zero-order valence-corrected chi connectivity index (χ0v) is 16.1. The molecule has 1 amide bonds. The summed E-state index contributed by atoms with van der Waals surface area (Å²) in [7, 11) is 0. The van der Waals surface area contributed by atoms with Crippen molar-refractivity contribution in [3.63, 3.8) is 0 Å². The van der Waals surface area contributed by atoms with Gasteiger partial charge in [-0.2, -0.15) is 0 Å². The van der Waals surface area contributed by atoms with E-state index >= 15 is 0 Å². The zero-order chi connectivity index (χ0) is 20.3. The molecule has 146 valence electrons. The normalized spacial score (nSPS) is 10.6. The van der Waals surface area contributed by atoms with E-state index in [2.05, 4.69) is 5.32 Å². The van der Waals surface area contributed by atoms with Crippen molar-refractivity contribution in [2.75, 3.05) is 6.54 Å². The molecule has 0 atom stereocenters. The van der Waals surface area contributed by atoms with Crippen LogP contribution in [0.3, 0.4) is 0 Å². The number of hydrogen-bond acceptors (Lipinski definition) is 3. The Hall–Kier alpha value is -3.66. The first-order chi connectivity index (χ1) is 14.2. The Labute approximate surface area is 170 Å². The first-order valence-corrected chi connectivity index (χ1v) is 9.53. The maximum absolute atomic E-state index is 12.4. The van der Waals surface area contributed by atoms with Gasteiger partial charge in [0.25, 0.3) is 0 Å². The van der Waals surface area contributed by atoms with Gasteiger partial charge in [-0.1, -0.05) is 97.1 Å². The second-order valence-corrected chi connectivity index (χ2v) is 6.50. The molecule has 1 N–H and O–H groups in total. The topological polar surface area (TPSA) is 55.4 Å². The van der Waals surface area contributed by atoms with Gasteiger partial charge < -0.3 is 10.1 Å². The van der Waals surface area contributed by atoms with Crippen LogP contribution in [0.5, 0.6) is 0 Å². The number of hydrogen-bond donors (Lipinski definition) is 1. The molecule has 3 aromatic carbocycles. The van der Waals surface area contributed by atoms with Crippen molar-refractivity contribution < 1.29 is 14.3 Å². The fraction of sp³-hybridized carbons (Fsp3) is 0.120. The summed E-state index contributed by atoms with van der Waals surface area (Å²) in [6.07, 6.45) is 4.20. The highest BCUT2D eigenvalue weighted by Crippen LogP contribution is 2.12. The van der Waals surface area contributed by atoms with Crippen LogP contribution in [-0.4, -0.2) is 18.4 Å². The Bertz CT molecular complexity index is 948. The number of rotatable bonds is 8. The highest BCUT2D eigenvalue weighted by atomic mass is 16.5. The average Bonchev–Trinajstić information content (AvgIpc) is 2.79. The van der Waals surface area contributed by atoms with Crippen molar-refractivity contribution in [3.05, 3.63) is 113 Å². The largest absolute Gasteiger partial charge is 0.445 e. The van der Waals surface area contributed by atoms with E-state index < -0.39 is 6.09 Å². The van der Waals surface area contributed by atoms with E-state index in [9.17, 15) is 9.59 Å². The number of carbonyl (C=O) groups is 2. The molecule has 0 aliphatic rings. The van der Waals surface area contributed by atoms with Gasteiger partial charge in [0.2, 0.25) is 0 Å².